The molecule has 0 saturated carbocycles. The predicted molar refractivity (Wildman–Crippen MR) is 87.7 cm³/mol. The molecule has 2 aromatic carbocycles. The fourth-order valence-corrected chi connectivity index (χ4v) is 3.60. The lowest BCUT2D eigenvalue weighted by Gasteiger charge is -2.17. The van der Waals surface area contributed by atoms with Crippen molar-refractivity contribution in [3.8, 4) is 5.75 Å². The normalized spacial score (nSPS) is 14.1. The quantitative estimate of drug-likeness (QED) is 0.835. The lowest BCUT2D eigenvalue weighted by Crippen LogP contribution is -2.19. The number of halogens is 2. The molecule has 1 N–H and O–H groups in total. The zero-order valence-electron chi connectivity index (χ0n) is 11.7. The summed E-state index contributed by atoms with van der Waals surface area (Å²) in [5, 5.41) is 2.92. The summed E-state index contributed by atoms with van der Waals surface area (Å²) in [6, 6.07) is 8.90. The zero-order valence-corrected chi connectivity index (χ0v) is 14.0. The standard InChI is InChI=1S/C15H11Cl2NO4S/c16-11-2-1-3-13(15(11)17)22-23(20,21)10-5-6-12-9(8-10)4-7-14(19)18-12/h1-3,5-6,8H,4,7H2,(H,18,19). The van der Waals surface area contributed by atoms with Gasteiger partial charge in [-0.15, -0.1) is 0 Å². The second-order valence-corrected chi connectivity index (χ2v) is 7.29. The van der Waals surface area contributed by atoms with Crippen LogP contribution in [0, 0.1) is 0 Å². The highest BCUT2D eigenvalue weighted by Gasteiger charge is 2.22. The van der Waals surface area contributed by atoms with Crippen molar-refractivity contribution in [1.29, 1.82) is 0 Å². The monoisotopic (exact) mass is 371 g/mol. The summed E-state index contributed by atoms with van der Waals surface area (Å²) in [5.41, 5.74) is 1.35. The minimum atomic E-state index is -4.06. The molecule has 3 rings (SSSR count). The van der Waals surface area contributed by atoms with Crippen molar-refractivity contribution in [3.63, 3.8) is 0 Å². The van der Waals surface area contributed by atoms with Gasteiger partial charge in [0.05, 0.1) is 5.02 Å². The molecule has 1 aliphatic heterocycles. The van der Waals surface area contributed by atoms with E-state index in [4.69, 9.17) is 27.4 Å². The average molecular weight is 372 g/mol. The van der Waals surface area contributed by atoms with Crippen LogP contribution in [0.4, 0.5) is 5.69 Å². The molecule has 0 unspecified atom stereocenters. The van der Waals surface area contributed by atoms with Crippen LogP contribution in [0.1, 0.15) is 12.0 Å². The number of nitrogens with one attached hydrogen (secondary N) is 1. The van der Waals surface area contributed by atoms with Crippen LogP contribution in [0.25, 0.3) is 0 Å². The number of amides is 1. The minimum absolute atomic E-state index is 0.0107. The molecule has 1 heterocycles. The van der Waals surface area contributed by atoms with Crippen LogP contribution >= 0.6 is 23.2 Å². The Morgan fingerprint density at radius 2 is 1.87 bits per heavy atom. The van der Waals surface area contributed by atoms with Crippen LogP contribution < -0.4 is 9.50 Å². The van der Waals surface area contributed by atoms with Crippen molar-refractivity contribution in [1.82, 2.24) is 0 Å². The molecule has 0 fully saturated rings. The molecule has 5 nitrogen and oxygen atoms in total. The van der Waals surface area contributed by atoms with E-state index in [2.05, 4.69) is 5.32 Å². The maximum Gasteiger partial charge on any atom is 0.339 e. The molecule has 2 aromatic rings. The van der Waals surface area contributed by atoms with Gasteiger partial charge in [0.2, 0.25) is 5.91 Å². The number of fused-ring (bicyclic) bond motifs is 1. The smallest absolute Gasteiger partial charge is 0.339 e. The SMILES string of the molecule is O=C1CCc2cc(S(=O)(=O)Oc3cccc(Cl)c3Cl)ccc2N1. The molecule has 0 aliphatic carbocycles. The van der Waals surface area contributed by atoms with Gasteiger partial charge in [-0.3, -0.25) is 4.79 Å². The summed E-state index contributed by atoms with van der Waals surface area (Å²) in [7, 11) is -4.06. The van der Waals surface area contributed by atoms with E-state index < -0.39 is 10.1 Å². The molecule has 0 radical (unpaired) electrons. The molecule has 1 aliphatic rings. The highest BCUT2D eigenvalue weighted by atomic mass is 35.5. The number of benzene rings is 2. The van der Waals surface area contributed by atoms with Gasteiger partial charge in [0.15, 0.2) is 5.75 Å². The van der Waals surface area contributed by atoms with Gasteiger partial charge >= 0.3 is 10.1 Å². The van der Waals surface area contributed by atoms with Gasteiger partial charge < -0.3 is 9.50 Å². The lowest BCUT2D eigenvalue weighted by atomic mass is 10.0. The van der Waals surface area contributed by atoms with E-state index >= 15 is 0 Å². The number of hydrogen-bond acceptors (Lipinski definition) is 4. The van der Waals surface area contributed by atoms with E-state index in [1.54, 1.807) is 12.1 Å². The van der Waals surface area contributed by atoms with E-state index in [1.807, 2.05) is 0 Å². The Morgan fingerprint density at radius 3 is 2.65 bits per heavy atom. The molecule has 0 spiro atoms. The van der Waals surface area contributed by atoms with Crippen molar-refractivity contribution in [2.75, 3.05) is 5.32 Å². The highest BCUT2D eigenvalue weighted by molar-refractivity contribution is 7.87. The molecular formula is C15H11Cl2NO4S. The maximum atomic E-state index is 12.4. The van der Waals surface area contributed by atoms with Gasteiger partial charge in [-0.25, -0.2) is 0 Å². The first kappa shape index (κ1) is 16.1. The average Bonchev–Trinajstić information content (AvgIpc) is 2.51. The number of anilines is 1. The van der Waals surface area contributed by atoms with Gasteiger partial charge in [0, 0.05) is 12.1 Å². The zero-order chi connectivity index (χ0) is 16.6. The Hall–Kier alpha value is -1.76. The van der Waals surface area contributed by atoms with Crippen LogP contribution in [-0.2, 0) is 21.3 Å². The van der Waals surface area contributed by atoms with E-state index in [9.17, 15) is 13.2 Å². The second-order valence-electron chi connectivity index (χ2n) is 4.96. The second kappa shape index (κ2) is 6.03. The van der Waals surface area contributed by atoms with Crippen molar-refractivity contribution in [2.45, 2.75) is 17.7 Å². The predicted octanol–water partition coefficient (Wildman–Crippen LogP) is 3.65. The lowest BCUT2D eigenvalue weighted by molar-refractivity contribution is -0.116. The molecule has 0 aromatic heterocycles. The molecule has 0 saturated heterocycles. The fraction of sp³-hybridized carbons (Fsp3) is 0.133. The first-order chi connectivity index (χ1) is 10.9. The molecular weight excluding hydrogens is 361 g/mol. The van der Waals surface area contributed by atoms with E-state index in [1.165, 1.54) is 24.3 Å². The first-order valence-corrected chi connectivity index (χ1v) is 8.84. The van der Waals surface area contributed by atoms with Crippen LogP contribution in [-0.4, -0.2) is 14.3 Å². The van der Waals surface area contributed by atoms with Gasteiger partial charge in [-0.2, -0.15) is 8.42 Å². The largest absolute Gasteiger partial charge is 0.377 e. The Labute approximate surface area is 143 Å². The summed E-state index contributed by atoms with van der Waals surface area (Å²) in [4.78, 5) is 11.3. The molecule has 0 bridgehead atoms. The third-order valence-electron chi connectivity index (χ3n) is 3.38. The van der Waals surface area contributed by atoms with Gasteiger partial charge in [0.1, 0.15) is 9.92 Å². The Balaban J connectivity index is 1.94. The molecule has 1 amide bonds. The van der Waals surface area contributed by atoms with E-state index in [0.717, 1.165) is 5.56 Å². The molecule has 0 atom stereocenters. The van der Waals surface area contributed by atoms with Crippen LogP contribution in [0.15, 0.2) is 41.3 Å². The fourth-order valence-electron chi connectivity index (χ4n) is 2.23. The summed E-state index contributed by atoms with van der Waals surface area (Å²) in [6.45, 7) is 0. The van der Waals surface area contributed by atoms with Gasteiger partial charge in [-0.1, -0.05) is 29.3 Å². The first-order valence-electron chi connectivity index (χ1n) is 6.68. The minimum Gasteiger partial charge on any atom is -0.377 e. The Bertz CT molecular complexity index is 896. The van der Waals surface area contributed by atoms with Crippen molar-refractivity contribution < 1.29 is 17.4 Å². The molecule has 120 valence electrons. The van der Waals surface area contributed by atoms with Gasteiger partial charge in [0.25, 0.3) is 0 Å². The molecule has 23 heavy (non-hydrogen) atoms. The highest BCUT2D eigenvalue weighted by Crippen LogP contribution is 2.34. The number of aryl methyl sites for hydroxylation is 1. The number of rotatable bonds is 3. The number of hydrogen-bond donors (Lipinski definition) is 1. The van der Waals surface area contributed by atoms with E-state index in [-0.39, 0.29) is 26.6 Å². The third-order valence-corrected chi connectivity index (χ3v) is 5.41. The van der Waals surface area contributed by atoms with Crippen LogP contribution in [0.5, 0.6) is 5.75 Å². The molecule has 8 heteroatoms. The van der Waals surface area contributed by atoms with Crippen molar-refractivity contribution >= 4 is 44.9 Å². The van der Waals surface area contributed by atoms with Crippen LogP contribution in [0.2, 0.25) is 10.0 Å². The summed E-state index contributed by atoms with van der Waals surface area (Å²) >= 11 is 11.8. The third kappa shape index (κ3) is 3.29. The topological polar surface area (TPSA) is 72.5 Å². The summed E-state index contributed by atoms with van der Waals surface area (Å²) in [6.07, 6.45) is 0.792. The van der Waals surface area contributed by atoms with Crippen LogP contribution in [0.3, 0.4) is 0 Å². The summed E-state index contributed by atoms with van der Waals surface area (Å²) < 4.78 is 29.9. The number of carbonyl (C=O) groups excluding carboxylic acids is 1. The van der Waals surface area contributed by atoms with Gasteiger partial charge in [-0.05, 0) is 42.3 Å². The van der Waals surface area contributed by atoms with Crippen molar-refractivity contribution in [3.05, 3.63) is 52.0 Å². The summed E-state index contributed by atoms with van der Waals surface area (Å²) in [5.74, 6) is -0.125. The Kier molecular flexibility index (Phi) is 4.23. The number of carbonyl (C=O) groups is 1. The maximum absolute atomic E-state index is 12.4. The van der Waals surface area contributed by atoms with E-state index in [0.29, 0.717) is 18.5 Å². The Morgan fingerprint density at radius 1 is 1.09 bits per heavy atom. The van der Waals surface area contributed by atoms with Crippen molar-refractivity contribution in [2.24, 2.45) is 0 Å².